The number of nitro groups is 1. The van der Waals surface area contributed by atoms with Crippen LogP contribution in [0.15, 0.2) is 18.2 Å². The van der Waals surface area contributed by atoms with Crippen molar-refractivity contribution >= 4 is 11.7 Å². The molecule has 0 spiro atoms. The highest BCUT2D eigenvalue weighted by atomic mass is 19.1. The Bertz CT molecular complexity index is 451. The number of benzene rings is 1. The molecule has 6 nitrogen and oxygen atoms in total. The van der Waals surface area contributed by atoms with Crippen LogP contribution in [0.4, 0.5) is 10.1 Å². The van der Waals surface area contributed by atoms with Crippen LogP contribution in [-0.2, 0) is 16.1 Å². The number of hydrogen-bond acceptors (Lipinski definition) is 5. The first kappa shape index (κ1) is 14.0. The van der Waals surface area contributed by atoms with Crippen molar-refractivity contribution in [1.29, 1.82) is 0 Å². The number of carbonyl (C=O) groups excluding carboxylic acids is 1. The summed E-state index contributed by atoms with van der Waals surface area (Å²) in [6.07, 6.45) is 0.160. The topological polar surface area (TPSA) is 81.5 Å². The minimum atomic E-state index is -0.854. The van der Waals surface area contributed by atoms with Gasteiger partial charge < -0.3 is 10.1 Å². The number of carbonyl (C=O) groups is 1. The second-order valence-corrected chi connectivity index (χ2v) is 3.51. The highest BCUT2D eigenvalue weighted by Crippen LogP contribution is 2.19. The molecular formula is C11H13FN2O4. The number of nitrogens with zero attached hydrogens (tertiary/aromatic N) is 1. The zero-order chi connectivity index (χ0) is 13.5. The summed E-state index contributed by atoms with van der Waals surface area (Å²) in [5.41, 5.74) is -0.365. The highest BCUT2D eigenvalue weighted by Gasteiger charge is 2.16. The van der Waals surface area contributed by atoms with Crippen molar-refractivity contribution in [3.8, 4) is 0 Å². The maximum absolute atomic E-state index is 13.6. The minimum Gasteiger partial charge on any atom is -0.469 e. The Kier molecular flexibility index (Phi) is 5.19. The van der Waals surface area contributed by atoms with Gasteiger partial charge in [0.1, 0.15) is 0 Å². The summed E-state index contributed by atoms with van der Waals surface area (Å²) in [5.74, 6) is -1.23. The molecule has 0 saturated heterocycles. The van der Waals surface area contributed by atoms with Crippen molar-refractivity contribution < 1.29 is 18.8 Å². The summed E-state index contributed by atoms with van der Waals surface area (Å²) in [5, 5.41) is 13.3. The lowest BCUT2D eigenvalue weighted by Crippen LogP contribution is -2.19. The SMILES string of the molecule is COC(=O)CCNCc1cccc([N+](=O)[O-])c1F. The third-order valence-electron chi connectivity index (χ3n) is 2.30. The Morgan fingerprint density at radius 1 is 1.56 bits per heavy atom. The van der Waals surface area contributed by atoms with E-state index in [1.54, 1.807) is 0 Å². The third kappa shape index (κ3) is 3.77. The van der Waals surface area contributed by atoms with E-state index in [4.69, 9.17) is 0 Å². The monoisotopic (exact) mass is 256 g/mol. The van der Waals surface area contributed by atoms with Gasteiger partial charge in [-0.05, 0) is 0 Å². The lowest BCUT2D eigenvalue weighted by atomic mass is 10.2. The van der Waals surface area contributed by atoms with Gasteiger partial charge in [-0.15, -0.1) is 0 Å². The zero-order valence-electron chi connectivity index (χ0n) is 9.81. The van der Waals surface area contributed by atoms with Gasteiger partial charge in [0.15, 0.2) is 0 Å². The molecule has 1 aromatic carbocycles. The molecule has 0 amide bonds. The normalized spacial score (nSPS) is 10.1. The molecule has 1 N–H and O–H groups in total. The van der Waals surface area contributed by atoms with Gasteiger partial charge in [-0.3, -0.25) is 14.9 Å². The van der Waals surface area contributed by atoms with Crippen LogP contribution >= 0.6 is 0 Å². The van der Waals surface area contributed by atoms with Crippen molar-refractivity contribution in [3.63, 3.8) is 0 Å². The van der Waals surface area contributed by atoms with Gasteiger partial charge in [0.2, 0.25) is 5.82 Å². The van der Waals surface area contributed by atoms with Gasteiger partial charge in [-0.1, -0.05) is 12.1 Å². The Morgan fingerprint density at radius 3 is 2.89 bits per heavy atom. The van der Waals surface area contributed by atoms with Crippen LogP contribution in [0.1, 0.15) is 12.0 Å². The third-order valence-corrected chi connectivity index (χ3v) is 2.30. The molecule has 0 aliphatic heterocycles. The van der Waals surface area contributed by atoms with Crippen molar-refractivity contribution in [3.05, 3.63) is 39.7 Å². The molecule has 98 valence electrons. The lowest BCUT2D eigenvalue weighted by Gasteiger charge is -2.05. The first-order valence-electron chi connectivity index (χ1n) is 5.25. The number of ether oxygens (including phenoxy) is 1. The molecule has 1 rings (SSSR count). The minimum absolute atomic E-state index is 0.116. The fourth-order valence-electron chi connectivity index (χ4n) is 1.36. The molecule has 0 bridgehead atoms. The molecule has 0 atom stereocenters. The average molecular weight is 256 g/mol. The van der Waals surface area contributed by atoms with Gasteiger partial charge in [0.05, 0.1) is 18.5 Å². The standard InChI is InChI=1S/C11H13FN2O4/c1-18-10(15)5-6-13-7-8-3-2-4-9(11(8)12)14(16)17/h2-4,13H,5-7H2,1H3. The molecule has 0 heterocycles. The van der Waals surface area contributed by atoms with Gasteiger partial charge >= 0.3 is 11.7 Å². The van der Waals surface area contributed by atoms with Crippen LogP contribution in [0.5, 0.6) is 0 Å². The maximum Gasteiger partial charge on any atom is 0.306 e. The number of nitrogens with one attached hydrogen (secondary N) is 1. The molecule has 0 aliphatic carbocycles. The molecule has 18 heavy (non-hydrogen) atoms. The van der Waals surface area contributed by atoms with Crippen molar-refractivity contribution in [2.75, 3.05) is 13.7 Å². The van der Waals surface area contributed by atoms with Gasteiger partial charge in [0, 0.05) is 24.7 Å². The Labute approximate surface area is 103 Å². The van der Waals surface area contributed by atoms with Gasteiger partial charge in [0.25, 0.3) is 0 Å². The first-order valence-corrected chi connectivity index (χ1v) is 5.25. The zero-order valence-corrected chi connectivity index (χ0v) is 9.81. The molecule has 0 aliphatic rings. The lowest BCUT2D eigenvalue weighted by molar-refractivity contribution is -0.387. The van der Waals surface area contributed by atoms with E-state index in [1.807, 2.05) is 0 Å². The summed E-state index contributed by atoms with van der Waals surface area (Å²) in [4.78, 5) is 20.6. The second-order valence-electron chi connectivity index (χ2n) is 3.51. The van der Waals surface area contributed by atoms with E-state index in [-0.39, 0.29) is 24.5 Å². The van der Waals surface area contributed by atoms with Gasteiger partial charge in [-0.2, -0.15) is 4.39 Å². The van der Waals surface area contributed by atoms with Crippen LogP contribution in [0.2, 0.25) is 0 Å². The molecule has 0 fully saturated rings. The summed E-state index contributed by atoms with van der Waals surface area (Å²) < 4.78 is 18.0. The van der Waals surface area contributed by atoms with Gasteiger partial charge in [-0.25, -0.2) is 0 Å². The Hall–Kier alpha value is -2.02. The van der Waals surface area contributed by atoms with E-state index in [0.717, 1.165) is 6.07 Å². The fraction of sp³-hybridized carbons (Fsp3) is 0.364. The predicted molar refractivity (Wildman–Crippen MR) is 61.4 cm³/mol. The summed E-state index contributed by atoms with van der Waals surface area (Å²) in [7, 11) is 1.28. The summed E-state index contributed by atoms with van der Waals surface area (Å²) in [6.45, 7) is 0.430. The fourth-order valence-corrected chi connectivity index (χ4v) is 1.36. The van der Waals surface area contributed by atoms with E-state index < -0.39 is 16.4 Å². The summed E-state index contributed by atoms with van der Waals surface area (Å²) in [6, 6.07) is 3.97. The van der Waals surface area contributed by atoms with E-state index in [1.165, 1.54) is 19.2 Å². The molecule has 0 aromatic heterocycles. The molecular weight excluding hydrogens is 243 g/mol. The Balaban J connectivity index is 2.55. The first-order chi connectivity index (χ1) is 8.56. The number of hydrogen-bond donors (Lipinski definition) is 1. The van der Waals surface area contributed by atoms with Crippen LogP contribution < -0.4 is 5.32 Å². The van der Waals surface area contributed by atoms with Crippen LogP contribution in [0.25, 0.3) is 0 Å². The summed E-state index contributed by atoms with van der Waals surface area (Å²) >= 11 is 0. The average Bonchev–Trinajstić information content (AvgIpc) is 2.35. The van der Waals surface area contributed by atoms with E-state index >= 15 is 0 Å². The highest BCUT2D eigenvalue weighted by molar-refractivity contribution is 5.69. The quantitative estimate of drug-likeness (QED) is 0.360. The molecule has 7 heteroatoms. The van der Waals surface area contributed by atoms with Crippen LogP contribution in [0, 0.1) is 15.9 Å². The van der Waals surface area contributed by atoms with E-state index in [2.05, 4.69) is 10.1 Å². The molecule has 0 saturated carbocycles. The number of esters is 1. The largest absolute Gasteiger partial charge is 0.469 e. The van der Waals surface area contributed by atoms with Crippen molar-refractivity contribution in [1.82, 2.24) is 5.32 Å². The van der Waals surface area contributed by atoms with Crippen molar-refractivity contribution in [2.24, 2.45) is 0 Å². The maximum atomic E-state index is 13.6. The second kappa shape index (κ2) is 6.65. The smallest absolute Gasteiger partial charge is 0.306 e. The predicted octanol–water partition coefficient (Wildman–Crippen LogP) is 1.39. The molecule has 0 radical (unpaired) electrons. The number of nitro benzene ring substituents is 1. The number of methoxy groups -OCH3 is 1. The van der Waals surface area contributed by atoms with Crippen LogP contribution in [-0.4, -0.2) is 24.5 Å². The Morgan fingerprint density at radius 2 is 2.28 bits per heavy atom. The number of rotatable bonds is 6. The van der Waals surface area contributed by atoms with Crippen molar-refractivity contribution in [2.45, 2.75) is 13.0 Å². The van der Waals surface area contributed by atoms with E-state index in [9.17, 15) is 19.3 Å². The van der Waals surface area contributed by atoms with Crippen LogP contribution in [0.3, 0.4) is 0 Å². The molecule has 1 aromatic rings. The molecule has 0 unspecified atom stereocenters. The van der Waals surface area contributed by atoms with E-state index in [0.29, 0.717) is 6.54 Å². The number of halogens is 1.